The van der Waals surface area contributed by atoms with Crippen LogP contribution in [0.2, 0.25) is 0 Å². The van der Waals surface area contributed by atoms with Crippen molar-refractivity contribution in [1.82, 2.24) is 29.4 Å². The molecular formula is C30H36N6O. The number of amides is 1. The predicted molar refractivity (Wildman–Crippen MR) is 146 cm³/mol. The van der Waals surface area contributed by atoms with Crippen LogP contribution in [-0.2, 0) is 20.0 Å². The van der Waals surface area contributed by atoms with Crippen LogP contribution in [0.4, 0.5) is 0 Å². The van der Waals surface area contributed by atoms with Crippen LogP contribution in [0.5, 0.6) is 0 Å². The Labute approximate surface area is 219 Å². The Balaban J connectivity index is 1.28. The molecule has 5 rings (SSSR count). The van der Waals surface area contributed by atoms with E-state index in [4.69, 9.17) is 0 Å². The molecule has 0 spiro atoms. The lowest BCUT2D eigenvalue weighted by molar-refractivity contribution is 0.0602. The van der Waals surface area contributed by atoms with Gasteiger partial charge in [0.05, 0.1) is 11.4 Å². The first-order chi connectivity index (χ1) is 18.0. The van der Waals surface area contributed by atoms with Crippen LogP contribution in [0.15, 0.2) is 79.3 Å². The molecule has 0 bridgehead atoms. The average Bonchev–Trinajstić information content (AvgIpc) is 3.57. The maximum absolute atomic E-state index is 13.4. The van der Waals surface area contributed by atoms with Gasteiger partial charge in [0.1, 0.15) is 0 Å². The Hall–Kier alpha value is -3.71. The van der Waals surface area contributed by atoms with Crippen LogP contribution in [-0.4, -0.2) is 61.4 Å². The van der Waals surface area contributed by atoms with E-state index in [-0.39, 0.29) is 5.91 Å². The Morgan fingerprint density at radius 1 is 1.08 bits per heavy atom. The van der Waals surface area contributed by atoms with Crippen LogP contribution in [0.1, 0.15) is 40.0 Å². The molecule has 1 aliphatic rings. The number of rotatable bonds is 8. The molecule has 0 radical (unpaired) electrons. The molecule has 192 valence electrons. The minimum atomic E-state index is 0.103. The molecule has 2 aromatic heterocycles. The lowest BCUT2D eigenvalue weighted by atomic mass is 9.84. The number of piperidine rings is 1. The molecule has 3 heterocycles. The first-order valence-electron chi connectivity index (χ1n) is 13.1. The third kappa shape index (κ3) is 5.83. The van der Waals surface area contributed by atoms with Crippen LogP contribution in [0.25, 0.3) is 5.69 Å². The number of carbonyl (C=O) groups is 1. The molecule has 4 aromatic rings. The van der Waals surface area contributed by atoms with Gasteiger partial charge in [-0.15, -0.1) is 0 Å². The molecular weight excluding hydrogens is 460 g/mol. The highest BCUT2D eigenvalue weighted by Crippen LogP contribution is 2.28. The summed E-state index contributed by atoms with van der Waals surface area (Å²) in [6, 6.07) is 20.8. The van der Waals surface area contributed by atoms with Gasteiger partial charge in [-0.2, -0.15) is 10.2 Å². The normalized spacial score (nSPS) is 15.3. The highest BCUT2D eigenvalue weighted by molar-refractivity contribution is 5.94. The summed E-state index contributed by atoms with van der Waals surface area (Å²) in [5.74, 6) is 0.619. The second-order valence-corrected chi connectivity index (χ2v) is 10.2. The molecule has 0 aliphatic carbocycles. The summed E-state index contributed by atoms with van der Waals surface area (Å²) >= 11 is 0. The van der Waals surface area contributed by atoms with Crippen molar-refractivity contribution in [2.75, 3.05) is 20.1 Å². The first kappa shape index (κ1) is 25.0. The third-order valence-corrected chi connectivity index (χ3v) is 7.62. The fourth-order valence-electron chi connectivity index (χ4n) is 5.60. The molecule has 0 N–H and O–H groups in total. The van der Waals surface area contributed by atoms with Crippen molar-refractivity contribution in [2.45, 2.75) is 38.8 Å². The average molecular weight is 497 g/mol. The van der Waals surface area contributed by atoms with E-state index in [9.17, 15) is 4.79 Å². The van der Waals surface area contributed by atoms with Crippen LogP contribution in [0, 0.1) is 12.8 Å². The number of hydrogen-bond acceptors (Lipinski definition) is 4. The third-order valence-electron chi connectivity index (χ3n) is 7.62. The summed E-state index contributed by atoms with van der Waals surface area (Å²) in [7, 11) is 4.22. The molecule has 1 unspecified atom stereocenters. The number of likely N-dealkylation sites (tertiary alicyclic amines) is 1. The standard InChI is InChI=1S/C30H36N6O/c1-23-27(22-34(3)32-23)21-33(2)29(19-24-9-5-4-6-10-24)25-13-17-35(18-14-25)30(37)26-11-7-12-28(20-26)36-16-8-15-31-36/h4-12,15-16,20,22,25,29H,13-14,17-19,21H2,1-3H3. The smallest absolute Gasteiger partial charge is 0.253 e. The van der Waals surface area contributed by atoms with E-state index in [1.165, 1.54) is 11.1 Å². The zero-order chi connectivity index (χ0) is 25.8. The van der Waals surface area contributed by atoms with Gasteiger partial charge in [0.15, 0.2) is 0 Å². The van der Waals surface area contributed by atoms with E-state index in [2.05, 4.69) is 65.6 Å². The van der Waals surface area contributed by atoms with Crippen LogP contribution < -0.4 is 0 Å². The Bertz CT molecular complexity index is 1310. The number of hydrogen-bond donors (Lipinski definition) is 0. The lowest BCUT2D eigenvalue weighted by Gasteiger charge is -2.40. The number of carbonyl (C=O) groups excluding carboxylic acids is 1. The molecule has 7 heteroatoms. The summed E-state index contributed by atoms with van der Waals surface area (Å²) in [5, 5.41) is 8.84. The summed E-state index contributed by atoms with van der Waals surface area (Å²) in [5.41, 5.74) is 5.34. The predicted octanol–water partition coefficient (Wildman–Crippen LogP) is 4.51. The Kier molecular flexibility index (Phi) is 7.51. The van der Waals surface area contributed by atoms with E-state index < -0.39 is 0 Å². The topological polar surface area (TPSA) is 59.2 Å². The van der Waals surface area contributed by atoms with Crippen molar-refractivity contribution < 1.29 is 4.79 Å². The van der Waals surface area contributed by atoms with E-state index in [0.29, 0.717) is 12.0 Å². The maximum Gasteiger partial charge on any atom is 0.253 e. The van der Waals surface area contributed by atoms with Crippen molar-refractivity contribution in [3.8, 4) is 5.69 Å². The minimum Gasteiger partial charge on any atom is -0.339 e. The van der Waals surface area contributed by atoms with Gasteiger partial charge in [-0.1, -0.05) is 36.4 Å². The van der Waals surface area contributed by atoms with Gasteiger partial charge in [-0.25, -0.2) is 4.68 Å². The highest BCUT2D eigenvalue weighted by atomic mass is 16.2. The molecule has 1 aliphatic heterocycles. The van der Waals surface area contributed by atoms with Crippen molar-refractivity contribution in [2.24, 2.45) is 13.0 Å². The summed E-state index contributed by atoms with van der Waals surface area (Å²) < 4.78 is 3.69. The summed E-state index contributed by atoms with van der Waals surface area (Å²) in [6.45, 7) is 4.51. The molecule has 1 saturated heterocycles. The minimum absolute atomic E-state index is 0.103. The largest absolute Gasteiger partial charge is 0.339 e. The molecule has 2 aromatic carbocycles. The molecule has 1 fully saturated rings. The van der Waals surface area contributed by atoms with Crippen molar-refractivity contribution in [3.63, 3.8) is 0 Å². The molecule has 1 amide bonds. The molecule has 7 nitrogen and oxygen atoms in total. The van der Waals surface area contributed by atoms with Crippen molar-refractivity contribution in [3.05, 3.63) is 102 Å². The van der Waals surface area contributed by atoms with E-state index >= 15 is 0 Å². The second kappa shape index (κ2) is 11.1. The number of nitrogens with zero attached hydrogens (tertiary/aromatic N) is 6. The highest BCUT2D eigenvalue weighted by Gasteiger charge is 2.31. The monoisotopic (exact) mass is 496 g/mol. The van der Waals surface area contributed by atoms with Gasteiger partial charge in [0, 0.05) is 62.4 Å². The molecule has 1 atom stereocenters. The zero-order valence-electron chi connectivity index (χ0n) is 22.0. The fourth-order valence-corrected chi connectivity index (χ4v) is 5.60. The number of aromatic nitrogens is 4. The SMILES string of the molecule is Cc1nn(C)cc1CN(C)C(Cc1ccccc1)C1CCN(C(=O)c2cccc(-n3cccn3)c2)CC1. The van der Waals surface area contributed by atoms with Crippen LogP contribution in [0.3, 0.4) is 0 Å². The Morgan fingerprint density at radius 3 is 2.54 bits per heavy atom. The maximum atomic E-state index is 13.4. The van der Waals surface area contributed by atoms with Gasteiger partial charge in [-0.05, 0) is 69.0 Å². The van der Waals surface area contributed by atoms with Gasteiger partial charge in [0.2, 0.25) is 0 Å². The van der Waals surface area contributed by atoms with Crippen molar-refractivity contribution in [1.29, 1.82) is 0 Å². The van der Waals surface area contributed by atoms with Gasteiger partial charge >= 0.3 is 0 Å². The van der Waals surface area contributed by atoms with E-state index in [0.717, 1.165) is 55.8 Å². The molecule has 0 saturated carbocycles. The molecule has 37 heavy (non-hydrogen) atoms. The number of benzene rings is 2. The van der Waals surface area contributed by atoms with Crippen molar-refractivity contribution >= 4 is 5.91 Å². The first-order valence-corrected chi connectivity index (χ1v) is 13.1. The fraction of sp³-hybridized carbons (Fsp3) is 0.367. The van der Waals surface area contributed by atoms with E-state index in [1.807, 2.05) is 53.2 Å². The van der Waals surface area contributed by atoms with Gasteiger partial charge < -0.3 is 4.90 Å². The zero-order valence-corrected chi connectivity index (χ0v) is 22.0. The second-order valence-electron chi connectivity index (χ2n) is 10.2. The Morgan fingerprint density at radius 2 is 1.86 bits per heavy atom. The number of likely N-dealkylation sites (N-methyl/N-ethyl adjacent to an activating group) is 1. The summed E-state index contributed by atoms with van der Waals surface area (Å²) in [6.07, 6.45) is 8.77. The lowest BCUT2D eigenvalue weighted by Crippen LogP contribution is -2.46. The van der Waals surface area contributed by atoms with Gasteiger partial charge in [-0.3, -0.25) is 14.4 Å². The van der Waals surface area contributed by atoms with Crippen LogP contribution >= 0.6 is 0 Å². The summed E-state index contributed by atoms with van der Waals surface area (Å²) in [4.78, 5) is 17.9. The quantitative estimate of drug-likeness (QED) is 0.360. The number of aryl methyl sites for hydroxylation is 2. The van der Waals surface area contributed by atoms with E-state index in [1.54, 1.807) is 10.9 Å². The van der Waals surface area contributed by atoms with Gasteiger partial charge in [0.25, 0.3) is 5.91 Å².